The van der Waals surface area contributed by atoms with Crippen LogP contribution in [0.25, 0.3) is 0 Å². The van der Waals surface area contributed by atoms with Crippen molar-refractivity contribution < 1.29 is 14.3 Å². The van der Waals surface area contributed by atoms with Crippen molar-refractivity contribution in [3.05, 3.63) is 0 Å². The highest BCUT2D eigenvalue weighted by atomic mass is 28.3. The fourth-order valence-electron chi connectivity index (χ4n) is 0.852. The number of hydrogen-bond donors (Lipinski definition) is 0. The minimum atomic E-state index is -1.58. The zero-order valence-corrected chi connectivity index (χ0v) is 8.07. The van der Waals surface area contributed by atoms with Crippen LogP contribution in [-0.2, 0) is 14.3 Å². The van der Waals surface area contributed by atoms with E-state index in [0.717, 1.165) is 32.3 Å². The maximum Gasteiger partial charge on any atom is 0.219 e. The van der Waals surface area contributed by atoms with Gasteiger partial charge in [-0.25, -0.2) is 0 Å². The molecule has 0 aliphatic carbocycles. The number of epoxide rings is 1. The largest absolute Gasteiger partial charge is 0.379 e. The van der Waals surface area contributed by atoms with E-state index in [0.29, 0.717) is 6.10 Å². The first-order chi connectivity index (χ1) is 5.29. The predicted molar refractivity (Wildman–Crippen MR) is 43.7 cm³/mol. The number of ether oxygens (including phenoxy) is 2. The van der Waals surface area contributed by atoms with Crippen molar-refractivity contribution in [3.63, 3.8) is 0 Å². The molecule has 3 nitrogen and oxygen atoms in total. The summed E-state index contributed by atoms with van der Waals surface area (Å²) in [6.45, 7) is 4.13. The second-order valence-electron chi connectivity index (χ2n) is 2.98. The third-order valence-electron chi connectivity index (χ3n) is 1.61. The van der Waals surface area contributed by atoms with E-state index in [1.54, 1.807) is 0 Å². The van der Waals surface area contributed by atoms with E-state index in [1.807, 2.05) is 6.55 Å². The quantitative estimate of drug-likeness (QED) is 0.336. The smallest absolute Gasteiger partial charge is 0.219 e. The van der Waals surface area contributed by atoms with E-state index in [9.17, 15) is 4.80 Å². The summed E-state index contributed by atoms with van der Waals surface area (Å²) in [4.78, 5) is 10.7. The molecule has 1 aliphatic rings. The molecule has 1 aliphatic heterocycles. The Morgan fingerprint density at radius 3 is 3.00 bits per heavy atom. The van der Waals surface area contributed by atoms with Gasteiger partial charge in [-0.1, -0.05) is 0 Å². The molecule has 1 rings (SSSR count). The van der Waals surface area contributed by atoms with Crippen LogP contribution < -0.4 is 0 Å². The summed E-state index contributed by atoms with van der Waals surface area (Å²) in [6.07, 6.45) is 1.29. The first-order valence-electron chi connectivity index (χ1n) is 4.14. The van der Waals surface area contributed by atoms with Crippen molar-refractivity contribution in [3.8, 4) is 0 Å². The van der Waals surface area contributed by atoms with Gasteiger partial charge in [0.25, 0.3) is 0 Å². The van der Waals surface area contributed by atoms with Gasteiger partial charge >= 0.3 is 0 Å². The van der Waals surface area contributed by atoms with Crippen molar-refractivity contribution in [2.45, 2.75) is 25.1 Å². The van der Waals surface area contributed by atoms with E-state index in [2.05, 4.69) is 0 Å². The van der Waals surface area contributed by atoms with E-state index < -0.39 is 9.04 Å². The monoisotopic (exact) mass is 175 g/mol. The van der Waals surface area contributed by atoms with Gasteiger partial charge in [0.15, 0.2) is 0 Å². The van der Waals surface area contributed by atoms with Crippen LogP contribution in [0.4, 0.5) is 0 Å². The van der Waals surface area contributed by atoms with Gasteiger partial charge in [-0.2, -0.15) is 0 Å². The third-order valence-corrected chi connectivity index (χ3v) is 2.83. The zero-order chi connectivity index (χ0) is 8.10. The summed E-state index contributed by atoms with van der Waals surface area (Å²) >= 11 is 0. The molecular formula is C7H15O3Si. The van der Waals surface area contributed by atoms with Gasteiger partial charge in [-0.3, -0.25) is 0 Å². The van der Waals surface area contributed by atoms with E-state index in [4.69, 9.17) is 9.47 Å². The van der Waals surface area contributed by atoms with Gasteiger partial charge in [-0.15, -0.1) is 0 Å². The summed E-state index contributed by atoms with van der Waals surface area (Å²) in [5.74, 6) is 0. The Hall–Kier alpha value is 0.0969. The average molecular weight is 175 g/mol. The Balaban J connectivity index is 1.73. The molecule has 0 N–H and O–H groups in total. The summed E-state index contributed by atoms with van der Waals surface area (Å²) in [5, 5.41) is 0. The second kappa shape index (κ2) is 4.87. The molecule has 0 bridgehead atoms. The van der Waals surface area contributed by atoms with Crippen molar-refractivity contribution in [2.24, 2.45) is 0 Å². The molecule has 0 aromatic carbocycles. The molecule has 0 aromatic rings. The SMILES string of the molecule is C[SiH]([O])CCCOCC1CO1. The summed E-state index contributed by atoms with van der Waals surface area (Å²) in [6, 6.07) is 0.853. The Morgan fingerprint density at radius 1 is 1.73 bits per heavy atom. The van der Waals surface area contributed by atoms with Crippen LogP contribution in [0.15, 0.2) is 0 Å². The van der Waals surface area contributed by atoms with Gasteiger partial charge in [0.1, 0.15) is 6.10 Å². The van der Waals surface area contributed by atoms with Crippen LogP contribution >= 0.6 is 0 Å². The number of hydrogen-bond acceptors (Lipinski definition) is 2. The molecule has 1 saturated heterocycles. The van der Waals surface area contributed by atoms with Gasteiger partial charge in [0.05, 0.1) is 13.2 Å². The summed E-state index contributed by atoms with van der Waals surface area (Å²) < 4.78 is 10.2. The molecule has 0 spiro atoms. The minimum Gasteiger partial charge on any atom is -0.379 e. The normalized spacial score (nSPS) is 25.1. The van der Waals surface area contributed by atoms with E-state index in [1.165, 1.54) is 0 Å². The van der Waals surface area contributed by atoms with Gasteiger partial charge in [0.2, 0.25) is 9.04 Å². The Morgan fingerprint density at radius 2 is 2.45 bits per heavy atom. The predicted octanol–water partition coefficient (Wildman–Crippen LogP) is 0.576. The van der Waals surface area contributed by atoms with Crippen LogP contribution in [0, 0.1) is 0 Å². The van der Waals surface area contributed by atoms with Crippen molar-refractivity contribution in [2.75, 3.05) is 19.8 Å². The highest BCUT2D eigenvalue weighted by molar-refractivity contribution is 6.48. The molecule has 1 heterocycles. The molecule has 65 valence electrons. The molecule has 0 aromatic heterocycles. The molecular weight excluding hydrogens is 160 g/mol. The van der Waals surface area contributed by atoms with Crippen LogP contribution in [0.1, 0.15) is 6.42 Å². The minimum absolute atomic E-state index is 0.358. The molecule has 4 heteroatoms. The highest BCUT2D eigenvalue weighted by Crippen LogP contribution is 2.08. The Kier molecular flexibility index (Phi) is 4.07. The molecule has 0 saturated carbocycles. The molecule has 1 radical (unpaired) electrons. The van der Waals surface area contributed by atoms with Crippen LogP contribution in [0.2, 0.25) is 12.6 Å². The highest BCUT2D eigenvalue weighted by Gasteiger charge is 2.21. The number of rotatable bonds is 6. The third kappa shape index (κ3) is 5.38. The van der Waals surface area contributed by atoms with Crippen molar-refractivity contribution in [1.82, 2.24) is 0 Å². The lowest BCUT2D eigenvalue weighted by Gasteiger charge is -2.01. The van der Waals surface area contributed by atoms with Gasteiger partial charge in [-0.05, 0) is 19.0 Å². The first-order valence-corrected chi connectivity index (χ1v) is 6.58. The fourth-order valence-corrected chi connectivity index (χ4v) is 1.59. The van der Waals surface area contributed by atoms with Crippen molar-refractivity contribution >= 4 is 9.04 Å². The zero-order valence-electron chi connectivity index (χ0n) is 6.91. The van der Waals surface area contributed by atoms with Gasteiger partial charge < -0.3 is 14.3 Å². The molecule has 2 atom stereocenters. The van der Waals surface area contributed by atoms with Crippen LogP contribution in [0.3, 0.4) is 0 Å². The molecule has 1 fully saturated rings. The summed E-state index contributed by atoms with van der Waals surface area (Å²) in [5.41, 5.74) is 0. The lowest BCUT2D eigenvalue weighted by molar-refractivity contribution is 0.116. The first kappa shape index (κ1) is 9.19. The van der Waals surface area contributed by atoms with Gasteiger partial charge in [0, 0.05) is 6.61 Å². The lowest BCUT2D eigenvalue weighted by atomic mass is 10.5. The van der Waals surface area contributed by atoms with Crippen molar-refractivity contribution in [1.29, 1.82) is 0 Å². The Labute approximate surface area is 69.0 Å². The van der Waals surface area contributed by atoms with Crippen LogP contribution in [0.5, 0.6) is 0 Å². The van der Waals surface area contributed by atoms with Crippen LogP contribution in [-0.4, -0.2) is 35.0 Å². The Bertz CT molecular complexity index is 99.9. The fraction of sp³-hybridized carbons (Fsp3) is 1.00. The summed E-state index contributed by atoms with van der Waals surface area (Å²) in [7, 11) is -1.58. The molecule has 0 amide bonds. The maximum atomic E-state index is 10.7. The lowest BCUT2D eigenvalue weighted by Crippen LogP contribution is -2.07. The second-order valence-corrected chi connectivity index (χ2v) is 5.18. The molecule has 2 unspecified atom stereocenters. The standard InChI is InChI=1S/C7H15O3Si/c1-11(8)4-2-3-9-5-7-6-10-7/h7,11H,2-6H2,1H3. The topological polar surface area (TPSA) is 41.7 Å². The maximum absolute atomic E-state index is 10.7. The van der Waals surface area contributed by atoms with E-state index in [-0.39, 0.29) is 0 Å². The molecule has 11 heavy (non-hydrogen) atoms. The average Bonchev–Trinajstić information content (AvgIpc) is 2.70. The van der Waals surface area contributed by atoms with E-state index >= 15 is 0 Å².